The second-order valence-corrected chi connectivity index (χ2v) is 6.91. The fraction of sp³-hybridized carbons (Fsp3) is 0.0909. The van der Waals surface area contributed by atoms with E-state index in [1.807, 2.05) is 78.9 Å². The number of carbonyl (C=O) groups is 2. The molecule has 0 radical (unpaired) electrons. The Balaban J connectivity index is 1.83. The summed E-state index contributed by atoms with van der Waals surface area (Å²) in [6, 6.07) is 27.9. The molecule has 0 bridgehead atoms. The minimum atomic E-state index is -0.577. The molecule has 4 heteroatoms. The lowest BCUT2D eigenvalue weighted by Gasteiger charge is -2.24. The molecule has 3 nitrogen and oxygen atoms in total. The van der Waals surface area contributed by atoms with Crippen molar-refractivity contribution in [3.8, 4) is 0 Å². The molecule has 0 saturated heterocycles. The van der Waals surface area contributed by atoms with E-state index in [2.05, 4.69) is 15.9 Å². The van der Waals surface area contributed by atoms with E-state index in [-0.39, 0.29) is 18.1 Å². The maximum atomic E-state index is 13.0. The summed E-state index contributed by atoms with van der Waals surface area (Å²) in [5.41, 5.74) is 2.14. The van der Waals surface area contributed by atoms with Crippen LogP contribution >= 0.6 is 15.9 Å². The van der Waals surface area contributed by atoms with Gasteiger partial charge in [0.1, 0.15) is 0 Å². The van der Waals surface area contributed by atoms with Crippen molar-refractivity contribution in [1.82, 2.24) is 0 Å². The molecule has 1 atom stereocenters. The van der Waals surface area contributed by atoms with Gasteiger partial charge in [0.15, 0.2) is 5.78 Å². The molecule has 0 fully saturated rings. The number of ketones is 1. The van der Waals surface area contributed by atoms with Gasteiger partial charge in [-0.25, -0.2) is 0 Å². The Hall–Kier alpha value is -2.72. The maximum Gasteiger partial charge on any atom is 0.233 e. The highest BCUT2D eigenvalue weighted by molar-refractivity contribution is 9.10. The Morgan fingerprint density at radius 3 is 1.62 bits per heavy atom. The molecule has 0 spiro atoms. The van der Waals surface area contributed by atoms with Gasteiger partial charge < -0.3 is 0 Å². The zero-order valence-corrected chi connectivity index (χ0v) is 15.7. The summed E-state index contributed by atoms with van der Waals surface area (Å²) in [6.45, 7) is 0. The van der Waals surface area contributed by atoms with Crippen molar-refractivity contribution < 1.29 is 9.59 Å². The second-order valence-electron chi connectivity index (χ2n) is 5.80. The number of para-hydroxylation sites is 2. The second kappa shape index (κ2) is 8.59. The zero-order valence-electron chi connectivity index (χ0n) is 14.1. The van der Waals surface area contributed by atoms with E-state index in [0.29, 0.717) is 5.56 Å². The molecule has 0 aliphatic rings. The Morgan fingerprint density at radius 2 is 1.15 bits per heavy atom. The fourth-order valence-corrected chi connectivity index (χ4v) is 3.25. The van der Waals surface area contributed by atoms with Crippen molar-refractivity contribution >= 4 is 39.0 Å². The quantitative estimate of drug-likeness (QED) is 0.405. The van der Waals surface area contributed by atoms with Crippen LogP contribution in [0.15, 0.2) is 91.0 Å². The molecule has 26 heavy (non-hydrogen) atoms. The number of benzene rings is 3. The summed E-state index contributed by atoms with van der Waals surface area (Å²) in [4.78, 5) is 26.7. The lowest BCUT2D eigenvalue weighted by atomic mass is 10.1. The Kier molecular flexibility index (Phi) is 5.97. The van der Waals surface area contributed by atoms with Crippen LogP contribution in [0.25, 0.3) is 0 Å². The molecule has 0 heterocycles. The van der Waals surface area contributed by atoms with Gasteiger partial charge in [0.05, 0.1) is 4.83 Å². The third kappa shape index (κ3) is 4.27. The van der Waals surface area contributed by atoms with E-state index in [1.165, 1.54) is 0 Å². The van der Waals surface area contributed by atoms with E-state index in [4.69, 9.17) is 0 Å². The van der Waals surface area contributed by atoms with Crippen LogP contribution in [0.1, 0.15) is 16.8 Å². The minimum absolute atomic E-state index is 0.0670. The Labute approximate surface area is 161 Å². The largest absolute Gasteiger partial charge is 0.293 e. The third-order valence-corrected chi connectivity index (χ3v) is 4.71. The highest BCUT2D eigenvalue weighted by Crippen LogP contribution is 2.27. The number of anilines is 2. The fourth-order valence-electron chi connectivity index (χ4n) is 2.71. The average molecular weight is 408 g/mol. The first-order valence-electron chi connectivity index (χ1n) is 8.33. The van der Waals surface area contributed by atoms with Gasteiger partial charge in [-0.15, -0.1) is 0 Å². The Morgan fingerprint density at radius 1 is 0.731 bits per heavy atom. The number of nitrogens with zero attached hydrogens (tertiary/aromatic N) is 1. The van der Waals surface area contributed by atoms with Crippen LogP contribution in [0.2, 0.25) is 0 Å². The molecular weight excluding hydrogens is 390 g/mol. The lowest BCUT2D eigenvalue weighted by molar-refractivity contribution is -0.117. The average Bonchev–Trinajstić information content (AvgIpc) is 2.70. The molecule has 0 saturated carbocycles. The van der Waals surface area contributed by atoms with Crippen LogP contribution in [-0.4, -0.2) is 16.5 Å². The Bertz CT molecular complexity index is 827. The van der Waals surface area contributed by atoms with Gasteiger partial charge >= 0.3 is 0 Å². The number of rotatable bonds is 6. The van der Waals surface area contributed by atoms with Gasteiger partial charge in [0.25, 0.3) is 0 Å². The van der Waals surface area contributed by atoms with E-state index < -0.39 is 4.83 Å². The minimum Gasteiger partial charge on any atom is -0.293 e. The highest BCUT2D eigenvalue weighted by atomic mass is 79.9. The molecular formula is C22H18BrNO2. The van der Waals surface area contributed by atoms with Crippen molar-refractivity contribution in [3.05, 3.63) is 96.6 Å². The number of hydrogen-bond acceptors (Lipinski definition) is 2. The molecule has 0 aromatic heterocycles. The van der Waals surface area contributed by atoms with Gasteiger partial charge in [-0.1, -0.05) is 82.7 Å². The highest BCUT2D eigenvalue weighted by Gasteiger charge is 2.25. The molecule has 1 amide bonds. The number of halogens is 1. The van der Waals surface area contributed by atoms with Crippen molar-refractivity contribution in [2.45, 2.75) is 11.2 Å². The van der Waals surface area contributed by atoms with Gasteiger partial charge in [0.2, 0.25) is 5.91 Å². The molecule has 0 aliphatic heterocycles. The summed E-state index contributed by atoms with van der Waals surface area (Å²) in [6.07, 6.45) is 0.0670. The van der Waals surface area contributed by atoms with Crippen LogP contribution in [0.4, 0.5) is 11.4 Å². The molecule has 3 aromatic rings. The number of carbonyl (C=O) groups excluding carboxylic acids is 2. The number of hydrogen-bond donors (Lipinski definition) is 0. The molecule has 1 unspecified atom stereocenters. The lowest BCUT2D eigenvalue weighted by Crippen LogP contribution is -2.30. The zero-order chi connectivity index (χ0) is 18.4. The summed E-state index contributed by atoms with van der Waals surface area (Å²) >= 11 is 3.40. The first-order chi connectivity index (χ1) is 12.7. The SMILES string of the molecule is O=C(c1ccccc1)C(Br)CC(=O)N(c1ccccc1)c1ccccc1. The van der Waals surface area contributed by atoms with E-state index >= 15 is 0 Å². The van der Waals surface area contributed by atoms with Crippen molar-refractivity contribution in [2.75, 3.05) is 4.90 Å². The molecule has 3 aromatic carbocycles. The standard InChI is InChI=1S/C22H18BrNO2/c23-20(22(26)17-10-4-1-5-11-17)16-21(25)24(18-12-6-2-7-13-18)19-14-8-3-9-15-19/h1-15,20H,16H2. The maximum absolute atomic E-state index is 13.0. The van der Waals surface area contributed by atoms with Crippen LogP contribution in [0.5, 0.6) is 0 Å². The van der Waals surface area contributed by atoms with Crippen molar-refractivity contribution in [3.63, 3.8) is 0 Å². The summed E-state index contributed by atoms with van der Waals surface area (Å²) < 4.78 is 0. The topological polar surface area (TPSA) is 37.4 Å². The first-order valence-corrected chi connectivity index (χ1v) is 9.25. The van der Waals surface area contributed by atoms with Gasteiger partial charge in [0, 0.05) is 23.4 Å². The summed E-state index contributed by atoms with van der Waals surface area (Å²) in [7, 11) is 0. The van der Waals surface area contributed by atoms with Gasteiger partial charge in [-0.3, -0.25) is 14.5 Å². The molecule has 0 aliphatic carbocycles. The van der Waals surface area contributed by atoms with Crippen molar-refractivity contribution in [2.24, 2.45) is 0 Å². The van der Waals surface area contributed by atoms with Gasteiger partial charge in [-0.2, -0.15) is 0 Å². The number of amides is 1. The third-order valence-electron chi connectivity index (χ3n) is 3.97. The predicted molar refractivity (Wildman–Crippen MR) is 108 cm³/mol. The van der Waals surface area contributed by atoms with E-state index in [0.717, 1.165) is 11.4 Å². The van der Waals surface area contributed by atoms with Gasteiger partial charge in [-0.05, 0) is 24.3 Å². The number of alkyl halides is 1. The molecule has 0 N–H and O–H groups in total. The number of Topliss-reactive ketones (excluding diaryl/α,β-unsaturated/α-hetero) is 1. The van der Waals surface area contributed by atoms with Crippen LogP contribution < -0.4 is 4.90 Å². The van der Waals surface area contributed by atoms with Crippen LogP contribution in [-0.2, 0) is 4.79 Å². The van der Waals surface area contributed by atoms with Crippen LogP contribution in [0.3, 0.4) is 0 Å². The van der Waals surface area contributed by atoms with Crippen LogP contribution in [0, 0.1) is 0 Å². The monoisotopic (exact) mass is 407 g/mol. The molecule has 130 valence electrons. The smallest absolute Gasteiger partial charge is 0.233 e. The normalized spacial score (nSPS) is 11.6. The summed E-state index contributed by atoms with van der Waals surface area (Å²) in [5, 5.41) is 0. The van der Waals surface area contributed by atoms with E-state index in [1.54, 1.807) is 17.0 Å². The molecule has 3 rings (SSSR count). The predicted octanol–water partition coefficient (Wildman–Crippen LogP) is 5.39. The van der Waals surface area contributed by atoms with E-state index in [9.17, 15) is 9.59 Å². The first kappa shape index (κ1) is 18.1. The summed E-state index contributed by atoms with van der Waals surface area (Å²) in [5.74, 6) is -0.242. The van der Waals surface area contributed by atoms with Crippen molar-refractivity contribution in [1.29, 1.82) is 0 Å².